The lowest BCUT2D eigenvalue weighted by atomic mass is 10.0. The minimum atomic E-state index is -0.209. The molecular weight excluding hydrogens is 316 g/mol. The molecule has 0 aliphatic rings. The average molecular weight is 344 g/mol. The summed E-state index contributed by atoms with van der Waals surface area (Å²) in [5.41, 5.74) is 1.33. The van der Waals surface area contributed by atoms with E-state index in [0.29, 0.717) is 23.9 Å². The van der Waals surface area contributed by atoms with Crippen LogP contribution in [0.2, 0.25) is 0 Å². The Morgan fingerprint density at radius 2 is 1.92 bits per heavy atom. The first kappa shape index (κ1) is 19.0. The smallest absolute Gasteiger partial charge is 0.251 e. The van der Waals surface area contributed by atoms with Crippen molar-refractivity contribution in [1.82, 2.24) is 15.5 Å². The Bertz CT molecular complexity index is 690. The van der Waals surface area contributed by atoms with Crippen LogP contribution in [-0.2, 0) is 13.0 Å². The van der Waals surface area contributed by atoms with E-state index < -0.39 is 0 Å². The number of hydrogen-bond acceptors (Lipinski definition) is 5. The summed E-state index contributed by atoms with van der Waals surface area (Å²) in [5, 5.41) is 10.2. The van der Waals surface area contributed by atoms with Gasteiger partial charge >= 0.3 is 0 Å². The van der Waals surface area contributed by atoms with E-state index in [1.165, 1.54) is 0 Å². The molecule has 6 nitrogen and oxygen atoms in total. The van der Waals surface area contributed by atoms with Crippen LogP contribution < -0.4 is 10.6 Å². The molecule has 6 heteroatoms. The van der Waals surface area contributed by atoms with Crippen LogP contribution in [-0.4, -0.2) is 21.6 Å². The predicted molar refractivity (Wildman–Crippen MR) is 98.4 cm³/mol. The summed E-state index contributed by atoms with van der Waals surface area (Å²) in [6.07, 6.45) is 1.68. The molecule has 0 unspecified atom stereocenters. The van der Waals surface area contributed by atoms with E-state index >= 15 is 0 Å². The molecule has 2 aromatic rings. The monoisotopic (exact) mass is 344 g/mol. The molecule has 2 rings (SSSR count). The minimum Gasteiger partial charge on any atom is -0.376 e. The summed E-state index contributed by atoms with van der Waals surface area (Å²) in [4.78, 5) is 16.6. The number of carbonyl (C=O) groups excluding carboxylic acids is 1. The molecule has 0 saturated carbocycles. The maximum absolute atomic E-state index is 12.2. The third kappa shape index (κ3) is 5.89. The van der Waals surface area contributed by atoms with Crippen LogP contribution >= 0.6 is 0 Å². The van der Waals surface area contributed by atoms with Gasteiger partial charge in [-0.05, 0) is 50.5 Å². The molecule has 0 aliphatic heterocycles. The lowest BCUT2D eigenvalue weighted by Gasteiger charge is -2.24. The molecule has 1 aromatic carbocycles. The van der Waals surface area contributed by atoms with Gasteiger partial charge in [-0.1, -0.05) is 25.9 Å². The Morgan fingerprint density at radius 1 is 1.24 bits per heavy atom. The molecule has 25 heavy (non-hydrogen) atoms. The van der Waals surface area contributed by atoms with Crippen LogP contribution in [0.5, 0.6) is 0 Å². The fourth-order valence-electron chi connectivity index (χ4n) is 2.20. The van der Waals surface area contributed by atoms with E-state index in [0.717, 1.165) is 24.4 Å². The molecule has 0 saturated heterocycles. The van der Waals surface area contributed by atoms with Crippen molar-refractivity contribution in [2.45, 2.75) is 59.5 Å². The maximum Gasteiger partial charge on any atom is 0.251 e. The molecule has 0 atom stereocenters. The highest BCUT2D eigenvalue weighted by Crippen LogP contribution is 2.14. The number of nitrogens with one attached hydrogen (secondary N) is 2. The highest BCUT2D eigenvalue weighted by Gasteiger charge is 2.18. The molecule has 0 radical (unpaired) electrons. The zero-order valence-corrected chi connectivity index (χ0v) is 15.7. The van der Waals surface area contributed by atoms with Crippen LogP contribution in [0.15, 0.2) is 28.8 Å². The fourth-order valence-corrected chi connectivity index (χ4v) is 2.20. The Labute approximate surface area is 149 Å². The van der Waals surface area contributed by atoms with Gasteiger partial charge in [0, 0.05) is 23.2 Å². The topological polar surface area (TPSA) is 80.0 Å². The SMILES string of the molecule is CCC(C)(C)NC(=O)c1ccc(NCc2nc(CC(C)C)no2)cc1. The van der Waals surface area contributed by atoms with Crippen LogP contribution in [0.25, 0.3) is 0 Å². The molecule has 0 fully saturated rings. The zero-order chi connectivity index (χ0) is 18.4. The lowest BCUT2D eigenvalue weighted by molar-refractivity contribution is 0.0911. The third-order valence-corrected chi connectivity index (χ3v) is 4.03. The number of nitrogens with zero attached hydrogens (tertiary/aromatic N) is 2. The summed E-state index contributed by atoms with van der Waals surface area (Å²) >= 11 is 0. The van der Waals surface area contributed by atoms with Crippen molar-refractivity contribution < 1.29 is 9.32 Å². The van der Waals surface area contributed by atoms with Gasteiger partial charge in [-0.25, -0.2) is 0 Å². The van der Waals surface area contributed by atoms with Gasteiger partial charge in [-0.2, -0.15) is 4.98 Å². The van der Waals surface area contributed by atoms with Gasteiger partial charge < -0.3 is 15.2 Å². The van der Waals surface area contributed by atoms with E-state index in [1.54, 1.807) is 12.1 Å². The number of rotatable bonds is 8. The lowest BCUT2D eigenvalue weighted by Crippen LogP contribution is -2.42. The van der Waals surface area contributed by atoms with E-state index in [2.05, 4.69) is 41.5 Å². The van der Waals surface area contributed by atoms with Crippen LogP contribution in [0, 0.1) is 5.92 Å². The van der Waals surface area contributed by atoms with Gasteiger partial charge in [0.25, 0.3) is 5.91 Å². The standard InChI is InChI=1S/C19H28N4O2/c1-6-19(4,5)22-18(24)14-7-9-15(10-8-14)20-12-17-21-16(23-25-17)11-13(2)3/h7-10,13,20H,6,11-12H2,1-5H3,(H,22,24). The molecule has 2 N–H and O–H groups in total. The molecule has 136 valence electrons. The second-order valence-corrected chi connectivity index (χ2v) is 7.32. The summed E-state index contributed by atoms with van der Waals surface area (Å²) in [5.74, 6) is 1.72. The van der Waals surface area contributed by atoms with Gasteiger partial charge in [-0.15, -0.1) is 0 Å². The second kappa shape index (κ2) is 8.14. The highest BCUT2D eigenvalue weighted by atomic mass is 16.5. The molecule has 1 aromatic heterocycles. The van der Waals surface area contributed by atoms with Gasteiger partial charge in [0.2, 0.25) is 5.89 Å². The predicted octanol–water partition coefficient (Wildman–Crippen LogP) is 3.80. The van der Waals surface area contributed by atoms with Gasteiger partial charge in [0.05, 0.1) is 6.54 Å². The summed E-state index contributed by atoms with van der Waals surface area (Å²) < 4.78 is 5.23. The zero-order valence-electron chi connectivity index (χ0n) is 15.7. The van der Waals surface area contributed by atoms with Crippen molar-refractivity contribution in [3.8, 4) is 0 Å². The number of anilines is 1. The highest BCUT2D eigenvalue weighted by molar-refractivity contribution is 5.94. The number of amides is 1. The van der Waals surface area contributed by atoms with Crippen LogP contribution in [0.3, 0.4) is 0 Å². The van der Waals surface area contributed by atoms with Crippen molar-refractivity contribution in [3.63, 3.8) is 0 Å². The number of aromatic nitrogens is 2. The van der Waals surface area contributed by atoms with Crippen LogP contribution in [0.1, 0.15) is 63.1 Å². The van der Waals surface area contributed by atoms with Gasteiger partial charge in [0.1, 0.15) is 0 Å². The first-order valence-electron chi connectivity index (χ1n) is 8.77. The van der Waals surface area contributed by atoms with Crippen molar-refractivity contribution in [1.29, 1.82) is 0 Å². The van der Waals surface area contributed by atoms with Crippen molar-refractivity contribution >= 4 is 11.6 Å². The van der Waals surface area contributed by atoms with Gasteiger partial charge in [-0.3, -0.25) is 4.79 Å². The van der Waals surface area contributed by atoms with E-state index in [-0.39, 0.29) is 11.4 Å². The average Bonchev–Trinajstić information content (AvgIpc) is 2.99. The first-order chi connectivity index (χ1) is 11.8. The molecule has 0 spiro atoms. The Balaban J connectivity index is 1.90. The largest absolute Gasteiger partial charge is 0.376 e. The second-order valence-electron chi connectivity index (χ2n) is 7.32. The Hall–Kier alpha value is -2.37. The summed E-state index contributed by atoms with van der Waals surface area (Å²) in [7, 11) is 0. The third-order valence-electron chi connectivity index (χ3n) is 4.03. The van der Waals surface area contributed by atoms with Crippen molar-refractivity contribution in [3.05, 3.63) is 41.5 Å². The molecular formula is C19H28N4O2. The number of hydrogen-bond donors (Lipinski definition) is 2. The molecule has 0 aliphatic carbocycles. The Morgan fingerprint density at radius 3 is 2.52 bits per heavy atom. The van der Waals surface area contributed by atoms with E-state index in [9.17, 15) is 4.79 Å². The summed E-state index contributed by atoms with van der Waals surface area (Å²) in [6.45, 7) is 10.8. The fraction of sp³-hybridized carbons (Fsp3) is 0.526. The van der Waals surface area contributed by atoms with Crippen molar-refractivity contribution in [2.75, 3.05) is 5.32 Å². The quantitative estimate of drug-likeness (QED) is 0.761. The van der Waals surface area contributed by atoms with Crippen molar-refractivity contribution in [2.24, 2.45) is 5.92 Å². The molecule has 1 amide bonds. The number of benzene rings is 1. The summed E-state index contributed by atoms with van der Waals surface area (Å²) in [6, 6.07) is 7.36. The van der Waals surface area contributed by atoms with E-state index in [4.69, 9.17) is 4.52 Å². The normalized spacial score (nSPS) is 11.6. The van der Waals surface area contributed by atoms with E-state index in [1.807, 2.05) is 26.0 Å². The molecule has 1 heterocycles. The Kier molecular flexibility index (Phi) is 6.17. The number of carbonyl (C=O) groups is 1. The first-order valence-corrected chi connectivity index (χ1v) is 8.77. The maximum atomic E-state index is 12.2. The molecule has 0 bridgehead atoms. The minimum absolute atomic E-state index is 0.0615. The van der Waals surface area contributed by atoms with Crippen LogP contribution in [0.4, 0.5) is 5.69 Å². The van der Waals surface area contributed by atoms with Gasteiger partial charge in [0.15, 0.2) is 5.82 Å².